The lowest BCUT2D eigenvalue weighted by Crippen LogP contribution is -2.51. The normalized spacial score (nSPS) is 13.4. The van der Waals surface area contributed by atoms with Gasteiger partial charge in [-0.05, 0) is 67.2 Å². The standard InChI is InChI=1S/C23H39N3O11/c1-22(2,3)36-34-20(32)24-14-10-9-11-15(26-21(33)35-37-23(4,5)6)18(29)25-16(19(30)31)12-7-8-13-17(27)28/h7-8,15-16H,9-14H2,1-6H3,(H,24,32)(H,25,29)(H,26,33)(H,27,28)(H,30,31)/t15-,16?/m0/s1. The van der Waals surface area contributed by atoms with Crippen LogP contribution in [0.3, 0.4) is 0 Å². The lowest BCUT2D eigenvalue weighted by Gasteiger charge is -2.22. The Bertz CT molecular complexity index is 801. The number of rotatable bonds is 15. The van der Waals surface area contributed by atoms with Crippen LogP contribution in [0.4, 0.5) is 9.59 Å². The van der Waals surface area contributed by atoms with Crippen molar-refractivity contribution in [1.82, 2.24) is 16.0 Å². The average Bonchev–Trinajstić information content (AvgIpc) is 2.75. The first-order valence-corrected chi connectivity index (χ1v) is 11.7. The summed E-state index contributed by atoms with van der Waals surface area (Å²) in [7, 11) is 0. The van der Waals surface area contributed by atoms with Crippen molar-refractivity contribution in [1.29, 1.82) is 0 Å². The molecular formula is C23H39N3O11. The molecule has 0 aromatic rings. The molecule has 0 aliphatic heterocycles. The SMILES string of the molecule is CC(C)(C)OOC(=O)NCCCC[C@H](NC(=O)OOC(C)(C)C)C(=O)NC(CC=CCC(=O)O)C(=O)O. The summed E-state index contributed by atoms with van der Waals surface area (Å²) in [6, 6.07) is -2.54. The molecule has 0 aliphatic rings. The van der Waals surface area contributed by atoms with E-state index in [0.29, 0.717) is 12.8 Å². The van der Waals surface area contributed by atoms with Gasteiger partial charge in [-0.25, -0.2) is 14.4 Å². The summed E-state index contributed by atoms with van der Waals surface area (Å²) < 4.78 is 0. The molecule has 0 aromatic carbocycles. The molecule has 0 heterocycles. The summed E-state index contributed by atoms with van der Waals surface area (Å²) in [5, 5.41) is 25.2. The van der Waals surface area contributed by atoms with Crippen LogP contribution in [-0.4, -0.2) is 70.1 Å². The molecule has 37 heavy (non-hydrogen) atoms. The molecular weight excluding hydrogens is 494 g/mol. The van der Waals surface area contributed by atoms with Gasteiger partial charge < -0.3 is 26.2 Å². The predicted octanol–water partition coefficient (Wildman–Crippen LogP) is 2.43. The van der Waals surface area contributed by atoms with Crippen LogP contribution < -0.4 is 16.0 Å². The van der Waals surface area contributed by atoms with Crippen molar-refractivity contribution in [2.75, 3.05) is 6.54 Å². The van der Waals surface area contributed by atoms with E-state index in [0.717, 1.165) is 0 Å². The van der Waals surface area contributed by atoms with Crippen molar-refractivity contribution in [3.63, 3.8) is 0 Å². The first-order valence-electron chi connectivity index (χ1n) is 11.7. The molecule has 0 spiro atoms. The van der Waals surface area contributed by atoms with Crippen molar-refractivity contribution < 1.29 is 53.7 Å². The maximum atomic E-state index is 12.8. The van der Waals surface area contributed by atoms with Gasteiger partial charge in [-0.1, -0.05) is 12.2 Å². The van der Waals surface area contributed by atoms with Gasteiger partial charge in [-0.2, -0.15) is 9.78 Å². The maximum Gasteiger partial charge on any atom is 0.439 e. The minimum absolute atomic E-state index is 0.0763. The summed E-state index contributed by atoms with van der Waals surface area (Å²) in [6.07, 6.45) is 1.11. The third kappa shape index (κ3) is 19.5. The summed E-state index contributed by atoms with van der Waals surface area (Å²) in [5.74, 6) is -3.22. The van der Waals surface area contributed by atoms with E-state index in [1.54, 1.807) is 41.5 Å². The number of unbranched alkanes of at least 4 members (excludes halogenated alkanes) is 1. The third-order valence-corrected chi connectivity index (χ3v) is 3.98. The number of carbonyl (C=O) groups is 5. The summed E-state index contributed by atoms with van der Waals surface area (Å²) in [6.45, 7) is 10.2. The molecule has 0 bridgehead atoms. The first-order chi connectivity index (χ1) is 17.0. The fourth-order valence-electron chi connectivity index (χ4n) is 2.36. The molecule has 2 atom stereocenters. The molecule has 0 saturated carbocycles. The summed E-state index contributed by atoms with van der Waals surface area (Å²) in [4.78, 5) is 77.7. The molecule has 5 N–H and O–H groups in total. The van der Waals surface area contributed by atoms with Gasteiger partial charge in [0.2, 0.25) is 5.91 Å². The Labute approximate surface area is 215 Å². The van der Waals surface area contributed by atoms with Crippen LogP contribution in [0.2, 0.25) is 0 Å². The monoisotopic (exact) mass is 533 g/mol. The molecule has 212 valence electrons. The zero-order valence-corrected chi connectivity index (χ0v) is 22.1. The number of hydrogen-bond acceptors (Lipinski definition) is 9. The van der Waals surface area contributed by atoms with Gasteiger partial charge in [0, 0.05) is 6.54 Å². The Morgan fingerprint density at radius 2 is 1.35 bits per heavy atom. The number of amides is 3. The van der Waals surface area contributed by atoms with Crippen molar-refractivity contribution >= 4 is 30.0 Å². The van der Waals surface area contributed by atoms with E-state index in [2.05, 4.69) is 25.7 Å². The number of carbonyl (C=O) groups excluding carboxylic acids is 3. The molecule has 14 nitrogen and oxygen atoms in total. The zero-order chi connectivity index (χ0) is 28.6. The van der Waals surface area contributed by atoms with Crippen molar-refractivity contribution in [2.24, 2.45) is 0 Å². The fraction of sp³-hybridized carbons (Fsp3) is 0.696. The highest BCUT2D eigenvalue weighted by molar-refractivity contribution is 5.89. The van der Waals surface area contributed by atoms with E-state index >= 15 is 0 Å². The van der Waals surface area contributed by atoms with E-state index in [1.165, 1.54) is 12.2 Å². The van der Waals surface area contributed by atoms with Gasteiger partial charge in [-0.15, -0.1) is 0 Å². The highest BCUT2D eigenvalue weighted by Crippen LogP contribution is 2.09. The average molecular weight is 534 g/mol. The molecule has 0 aromatic heterocycles. The Morgan fingerprint density at radius 3 is 1.86 bits per heavy atom. The second kappa shape index (κ2) is 16.4. The number of carboxylic acid groups (broad SMARTS) is 2. The predicted molar refractivity (Wildman–Crippen MR) is 129 cm³/mol. The molecule has 3 amide bonds. The third-order valence-electron chi connectivity index (χ3n) is 3.98. The maximum absolute atomic E-state index is 12.8. The minimum Gasteiger partial charge on any atom is -0.481 e. The second-order valence-corrected chi connectivity index (χ2v) is 9.96. The quantitative estimate of drug-likeness (QED) is 0.0896. The Morgan fingerprint density at radius 1 is 0.784 bits per heavy atom. The Kier molecular flexibility index (Phi) is 14.9. The molecule has 14 heteroatoms. The number of hydrogen-bond donors (Lipinski definition) is 5. The number of carboxylic acids is 2. The molecule has 0 radical (unpaired) electrons. The lowest BCUT2D eigenvalue weighted by molar-refractivity contribution is -0.300. The van der Waals surface area contributed by atoms with Crippen LogP contribution in [0.1, 0.15) is 73.6 Å². The van der Waals surface area contributed by atoms with Crippen LogP contribution in [0.25, 0.3) is 0 Å². The first kappa shape index (κ1) is 33.6. The van der Waals surface area contributed by atoms with Crippen LogP contribution in [-0.2, 0) is 33.9 Å². The van der Waals surface area contributed by atoms with E-state index in [4.69, 9.17) is 14.9 Å². The van der Waals surface area contributed by atoms with Gasteiger partial charge in [-0.3, -0.25) is 19.4 Å². The molecule has 0 rings (SSSR count). The van der Waals surface area contributed by atoms with Gasteiger partial charge in [0.1, 0.15) is 23.3 Å². The minimum atomic E-state index is -1.36. The lowest BCUT2D eigenvalue weighted by atomic mass is 10.1. The van der Waals surface area contributed by atoms with Crippen LogP contribution in [0.15, 0.2) is 12.2 Å². The van der Waals surface area contributed by atoms with Crippen LogP contribution in [0, 0.1) is 0 Å². The molecule has 1 unspecified atom stereocenters. The highest BCUT2D eigenvalue weighted by Gasteiger charge is 2.27. The summed E-state index contributed by atoms with van der Waals surface area (Å²) in [5.41, 5.74) is -1.47. The van der Waals surface area contributed by atoms with E-state index in [-0.39, 0.29) is 25.8 Å². The number of aliphatic carboxylic acids is 2. The Balaban J connectivity index is 5.00. The van der Waals surface area contributed by atoms with E-state index in [1.807, 2.05) is 0 Å². The largest absolute Gasteiger partial charge is 0.481 e. The van der Waals surface area contributed by atoms with Crippen molar-refractivity contribution in [2.45, 2.75) is 96.9 Å². The second-order valence-electron chi connectivity index (χ2n) is 9.96. The molecule has 0 saturated heterocycles. The van der Waals surface area contributed by atoms with Gasteiger partial charge >= 0.3 is 24.1 Å². The number of nitrogens with one attached hydrogen (secondary N) is 3. The van der Waals surface area contributed by atoms with Crippen LogP contribution >= 0.6 is 0 Å². The smallest absolute Gasteiger partial charge is 0.439 e. The zero-order valence-electron chi connectivity index (χ0n) is 22.1. The topological polar surface area (TPSA) is 199 Å². The molecule has 0 fully saturated rings. The Hall–Kier alpha value is -3.39. The summed E-state index contributed by atoms with van der Waals surface area (Å²) >= 11 is 0. The fourth-order valence-corrected chi connectivity index (χ4v) is 2.36. The van der Waals surface area contributed by atoms with E-state index < -0.39 is 53.3 Å². The highest BCUT2D eigenvalue weighted by atomic mass is 17.2. The van der Waals surface area contributed by atoms with E-state index in [9.17, 15) is 29.1 Å². The van der Waals surface area contributed by atoms with Crippen molar-refractivity contribution in [3.05, 3.63) is 12.2 Å². The van der Waals surface area contributed by atoms with Crippen LogP contribution in [0.5, 0.6) is 0 Å². The van der Waals surface area contributed by atoms with Crippen molar-refractivity contribution in [3.8, 4) is 0 Å². The van der Waals surface area contributed by atoms with Gasteiger partial charge in [0.05, 0.1) is 6.42 Å². The molecule has 0 aliphatic carbocycles. The van der Waals surface area contributed by atoms with Gasteiger partial charge in [0.25, 0.3) is 0 Å². The van der Waals surface area contributed by atoms with Gasteiger partial charge in [0.15, 0.2) is 0 Å².